The third kappa shape index (κ3) is 5.21. The minimum Gasteiger partial charge on any atom is -0.494 e. The molecule has 1 heterocycles. The van der Waals surface area contributed by atoms with Gasteiger partial charge in [-0.25, -0.2) is 0 Å². The van der Waals surface area contributed by atoms with E-state index < -0.39 is 0 Å². The van der Waals surface area contributed by atoms with Gasteiger partial charge in [-0.15, -0.1) is 0 Å². The number of carbonyl (C=O) groups is 1. The number of hydrogen-bond acceptors (Lipinski definition) is 3. The average Bonchev–Trinajstić information content (AvgIpc) is 2.53. The Morgan fingerprint density at radius 3 is 2.81 bits per heavy atom. The van der Waals surface area contributed by atoms with Gasteiger partial charge in [0.15, 0.2) is 0 Å². The number of amides is 1. The number of nitrogens with zero attached hydrogens (tertiary/aromatic N) is 1. The van der Waals surface area contributed by atoms with Gasteiger partial charge in [-0.2, -0.15) is 0 Å². The predicted octanol–water partition coefficient (Wildman–Crippen LogP) is 2.71. The molecular weight excluding hydrogens is 288 g/mol. The van der Waals surface area contributed by atoms with Gasteiger partial charge in [-0.1, -0.05) is 18.0 Å². The molecule has 1 fully saturated rings. The number of hydrogen-bond donors (Lipinski definition) is 1. The molecule has 1 saturated heterocycles. The quantitative estimate of drug-likeness (QED) is 0.821. The molecule has 0 bridgehead atoms. The van der Waals surface area contributed by atoms with Gasteiger partial charge in [0.1, 0.15) is 5.75 Å². The molecule has 0 radical (unpaired) electrons. The molecule has 1 unspecified atom stereocenters. The summed E-state index contributed by atoms with van der Waals surface area (Å²) in [6, 6.07) is 7.32. The fourth-order valence-electron chi connectivity index (χ4n) is 2.46. The average molecular weight is 311 g/mol. The Morgan fingerprint density at radius 2 is 2.14 bits per heavy atom. The standard InChI is InChI=1S/C16H23ClN2O2/c1-19(16(20)15-5-2-3-10-18-15)11-4-12-21-14-8-6-13(17)7-9-14/h6-9,15,18H,2-5,10-12H2,1H3. The number of piperidine rings is 1. The summed E-state index contributed by atoms with van der Waals surface area (Å²) in [5.74, 6) is 1.00. The molecule has 1 amide bonds. The van der Waals surface area contributed by atoms with Crippen molar-refractivity contribution in [2.24, 2.45) is 0 Å². The molecule has 2 rings (SSSR count). The minimum atomic E-state index is 0.000864. The Morgan fingerprint density at radius 1 is 1.38 bits per heavy atom. The van der Waals surface area contributed by atoms with Gasteiger partial charge in [0.2, 0.25) is 5.91 Å². The minimum absolute atomic E-state index is 0.000864. The van der Waals surface area contributed by atoms with Crippen LogP contribution in [0.5, 0.6) is 5.75 Å². The van der Waals surface area contributed by atoms with E-state index in [0.29, 0.717) is 18.2 Å². The van der Waals surface area contributed by atoms with E-state index in [4.69, 9.17) is 16.3 Å². The molecule has 0 aliphatic carbocycles. The van der Waals surface area contributed by atoms with E-state index in [1.807, 2.05) is 19.2 Å². The fraction of sp³-hybridized carbons (Fsp3) is 0.562. The highest BCUT2D eigenvalue weighted by Gasteiger charge is 2.23. The van der Waals surface area contributed by atoms with Crippen LogP contribution in [0.3, 0.4) is 0 Å². The van der Waals surface area contributed by atoms with E-state index in [9.17, 15) is 4.79 Å². The van der Waals surface area contributed by atoms with Crippen LogP contribution >= 0.6 is 11.6 Å². The van der Waals surface area contributed by atoms with Crippen LogP contribution in [0.4, 0.5) is 0 Å². The lowest BCUT2D eigenvalue weighted by Gasteiger charge is -2.27. The van der Waals surface area contributed by atoms with E-state index in [2.05, 4.69) is 5.32 Å². The smallest absolute Gasteiger partial charge is 0.239 e. The number of halogens is 1. The van der Waals surface area contributed by atoms with Gasteiger partial charge >= 0.3 is 0 Å². The highest BCUT2D eigenvalue weighted by atomic mass is 35.5. The van der Waals surface area contributed by atoms with Crippen molar-refractivity contribution >= 4 is 17.5 Å². The summed E-state index contributed by atoms with van der Waals surface area (Å²) in [5.41, 5.74) is 0. The summed E-state index contributed by atoms with van der Waals surface area (Å²) in [4.78, 5) is 14.0. The molecule has 5 heteroatoms. The van der Waals surface area contributed by atoms with E-state index in [0.717, 1.165) is 31.6 Å². The van der Waals surface area contributed by atoms with Crippen molar-refractivity contribution < 1.29 is 9.53 Å². The molecule has 1 atom stereocenters. The van der Waals surface area contributed by atoms with E-state index >= 15 is 0 Å². The van der Waals surface area contributed by atoms with Crippen LogP contribution in [0.2, 0.25) is 5.02 Å². The number of ether oxygens (including phenoxy) is 1. The van der Waals surface area contributed by atoms with Crippen molar-refractivity contribution in [2.45, 2.75) is 31.7 Å². The molecule has 1 aliphatic heterocycles. The fourth-order valence-corrected chi connectivity index (χ4v) is 2.59. The second-order valence-electron chi connectivity index (χ2n) is 5.42. The zero-order valence-corrected chi connectivity index (χ0v) is 13.2. The van der Waals surface area contributed by atoms with Gasteiger partial charge in [0.25, 0.3) is 0 Å². The highest BCUT2D eigenvalue weighted by Crippen LogP contribution is 2.15. The molecule has 1 aromatic carbocycles. The number of rotatable bonds is 6. The van der Waals surface area contributed by atoms with Crippen LogP contribution < -0.4 is 10.1 Å². The molecular formula is C16H23ClN2O2. The third-order valence-electron chi connectivity index (χ3n) is 3.70. The maximum atomic E-state index is 12.2. The van der Waals surface area contributed by atoms with Crippen LogP contribution in [0, 0.1) is 0 Å². The SMILES string of the molecule is CN(CCCOc1ccc(Cl)cc1)C(=O)C1CCCCN1. The Kier molecular flexibility index (Phi) is 6.33. The lowest BCUT2D eigenvalue weighted by molar-refractivity contribution is -0.132. The summed E-state index contributed by atoms with van der Waals surface area (Å²) >= 11 is 5.82. The van der Waals surface area contributed by atoms with E-state index in [1.165, 1.54) is 6.42 Å². The summed E-state index contributed by atoms with van der Waals surface area (Å²) < 4.78 is 5.62. The van der Waals surface area contributed by atoms with Crippen molar-refractivity contribution in [3.05, 3.63) is 29.3 Å². The highest BCUT2D eigenvalue weighted by molar-refractivity contribution is 6.30. The van der Waals surface area contributed by atoms with Crippen LogP contribution in [-0.4, -0.2) is 43.6 Å². The predicted molar refractivity (Wildman–Crippen MR) is 84.8 cm³/mol. The molecule has 0 saturated carbocycles. The second-order valence-corrected chi connectivity index (χ2v) is 5.85. The third-order valence-corrected chi connectivity index (χ3v) is 3.96. The van der Waals surface area contributed by atoms with Crippen LogP contribution in [0.25, 0.3) is 0 Å². The normalized spacial score (nSPS) is 18.3. The molecule has 0 spiro atoms. The summed E-state index contributed by atoms with van der Waals surface area (Å²) in [5, 5.41) is 3.99. The lowest BCUT2D eigenvalue weighted by Crippen LogP contribution is -2.47. The Bertz CT molecular complexity index is 444. The van der Waals surface area contributed by atoms with Crippen LogP contribution in [0.15, 0.2) is 24.3 Å². The molecule has 0 aromatic heterocycles. The van der Waals surface area contributed by atoms with Gasteiger partial charge in [-0.05, 0) is 50.1 Å². The first-order chi connectivity index (χ1) is 10.2. The molecule has 116 valence electrons. The largest absolute Gasteiger partial charge is 0.494 e. The number of benzene rings is 1. The molecule has 1 N–H and O–H groups in total. The van der Waals surface area contributed by atoms with Gasteiger partial charge < -0.3 is 15.0 Å². The number of carbonyl (C=O) groups excluding carboxylic acids is 1. The van der Waals surface area contributed by atoms with Crippen molar-refractivity contribution in [2.75, 3.05) is 26.7 Å². The molecule has 21 heavy (non-hydrogen) atoms. The van der Waals surface area contributed by atoms with E-state index in [1.54, 1.807) is 17.0 Å². The van der Waals surface area contributed by atoms with Crippen molar-refractivity contribution in [3.8, 4) is 5.75 Å². The second kappa shape index (κ2) is 8.25. The topological polar surface area (TPSA) is 41.6 Å². The van der Waals surface area contributed by atoms with Crippen molar-refractivity contribution in [3.63, 3.8) is 0 Å². The number of nitrogens with one attached hydrogen (secondary N) is 1. The maximum Gasteiger partial charge on any atom is 0.239 e. The van der Waals surface area contributed by atoms with Gasteiger partial charge in [0.05, 0.1) is 12.6 Å². The van der Waals surface area contributed by atoms with Gasteiger partial charge in [-0.3, -0.25) is 4.79 Å². The van der Waals surface area contributed by atoms with Crippen LogP contribution in [-0.2, 0) is 4.79 Å². The maximum absolute atomic E-state index is 12.2. The first-order valence-electron chi connectivity index (χ1n) is 7.53. The Labute approximate surface area is 131 Å². The molecule has 4 nitrogen and oxygen atoms in total. The van der Waals surface area contributed by atoms with Crippen molar-refractivity contribution in [1.82, 2.24) is 10.2 Å². The molecule has 1 aliphatic rings. The Hall–Kier alpha value is -1.26. The Balaban J connectivity index is 1.65. The summed E-state index contributed by atoms with van der Waals surface area (Å²) in [6.07, 6.45) is 4.07. The van der Waals surface area contributed by atoms with Crippen molar-refractivity contribution in [1.29, 1.82) is 0 Å². The first-order valence-corrected chi connectivity index (χ1v) is 7.91. The summed E-state index contributed by atoms with van der Waals surface area (Å²) in [6.45, 7) is 2.26. The number of likely N-dealkylation sites (N-methyl/N-ethyl adjacent to an activating group) is 1. The van der Waals surface area contributed by atoms with Crippen LogP contribution in [0.1, 0.15) is 25.7 Å². The van der Waals surface area contributed by atoms with Gasteiger partial charge in [0, 0.05) is 18.6 Å². The monoisotopic (exact) mass is 310 g/mol. The summed E-state index contributed by atoms with van der Waals surface area (Å²) in [7, 11) is 1.86. The zero-order valence-electron chi connectivity index (χ0n) is 12.5. The first kappa shape index (κ1) is 16.1. The van der Waals surface area contributed by atoms with E-state index in [-0.39, 0.29) is 11.9 Å². The lowest BCUT2D eigenvalue weighted by atomic mass is 10.0. The molecule has 1 aromatic rings. The zero-order chi connectivity index (χ0) is 15.1.